The van der Waals surface area contributed by atoms with Gasteiger partial charge in [-0.05, 0) is 12.1 Å². The molecule has 0 atom stereocenters. The first-order valence-corrected chi connectivity index (χ1v) is 4.24. The van der Waals surface area contributed by atoms with Crippen LogP contribution in [0.2, 0.25) is 0 Å². The van der Waals surface area contributed by atoms with E-state index >= 15 is 0 Å². The van der Waals surface area contributed by atoms with Gasteiger partial charge in [0.15, 0.2) is 5.84 Å². The lowest BCUT2D eigenvalue weighted by Crippen LogP contribution is -2.26. The summed E-state index contributed by atoms with van der Waals surface area (Å²) in [5, 5.41) is 16.4. The van der Waals surface area contributed by atoms with E-state index in [1.54, 1.807) is 24.3 Å². The van der Waals surface area contributed by atoms with E-state index in [1.165, 1.54) is 7.05 Å². The highest BCUT2D eigenvalue weighted by atomic mass is 16.4. The molecule has 6 nitrogen and oxygen atoms in total. The van der Waals surface area contributed by atoms with E-state index in [2.05, 4.69) is 15.8 Å². The minimum Gasteiger partial charge on any atom is -0.409 e. The van der Waals surface area contributed by atoms with Crippen LogP contribution in [-0.4, -0.2) is 24.1 Å². The maximum atomic E-state index is 11.1. The highest BCUT2D eigenvalue weighted by Gasteiger charge is 2.07. The number of hydrogen-bond donors (Lipinski definition) is 4. The molecule has 6 heteroatoms. The van der Waals surface area contributed by atoms with Crippen LogP contribution in [0.4, 0.5) is 10.5 Å². The zero-order valence-corrected chi connectivity index (χ0v) is 8.19. The molecule has 0 bridgehead atoms. The Labute approximate surface area is 86.8 Å². The average molecular weight is 208 g/mol. The Balaban J connectivity index is 3.01. The molecule has 0 spiro atoms. The summed E-state index contributed by atoms with van der Waals surface area (Å²) >= 11 is 0. The predicted molar refractivity (Wildman–Crippen MR) is 57.0 cm³/mol. The summed E-state index contributed by atoms with van der Waals surface area (Å²) in [6.45, 7) is 0. The lowest BCUT2D eigenvalue weighted by atomic mass is 10.1. The number of carbonyl (C=O) groups is 1. The molecule has 5 N–H and O–H groups in total. The smallest absolute Gasteiger partial charge is 0.318 e. The van der Waals surface area contributed by atoms with E-state index in [0.717, 1.165) is 0 Å². The summed E-state index contributed by atoms with van der Waals surface area (Å²) in [7, 11) is 1.50. The summed E-state index contributed by atoms with van der Waals surface area (Å²) in [6, 6.07) is 6.39. The number of carbonyl (C=O) groups excluding carboxylic acids is 1. The summed E-state index contributed by atoms with van der Waals surface area (Å²) in [5.41, 5.74) is 6.38. The van der Waals surface area contributed by atoms with E-state index in [0.29, 0.717) is 11.3 Å². The minimum absolute atomic E-state index is 0.0537. The number of amidine groups is 1. The molecule has 0 aliphatic heterocycles. The number of nitrogens with one attached hydrogen (secondary N) is 2. The highest BCUT2D eigenvalue weighted by molar-refractivity contribution is 6.05. The Bertz CT molecular complexity index is 389. The standard InChI is InChI=1S/C9H12N4O2/c1-11-9(14)12-7-5-3-2-4-6(7)8(10)13-15/h2-5,15H,1H3,(H2,10,13)(H2,11,12,14). The number of nitrogens with two attached hydrogens (primary N) is 1. The fourth-order valence-corrected chi connectivity index (χ4v) is 1.05. The van der Waals surface area contributed by atoms with Crippen LogP contribution in [0.15, 0.2) is 29.4 Å². The minimum atomic E-state index is -0.367. The third kappa shape index (κ3) is 2.60. The van der Waals surface area contributed by atoms with Crippen LogP contribution in [0.3, 0.4) is 0 Å². The molecule has 1 rings (SSSR count). The van der Waals surface area contributed by atoms with Crippen molar-refractivity contribution in [2.45, 2.75) is 0 Å². The first-order valence-electron chi connectivity index (χ1n) is 4.24. The van der Waals surface area contributed by atoms with Gasteiger partial charge in [-0.3, -0.25) is 0 Å². The third-order valence-corrected chi connectivity index (χ3v) is 1.79. The van der Waals surface area contributed by atoms with Crippen LogP contribution in [0.25, 0.3) is 0 Å². The third-order valence-electron chi connectivity index (χ3n) is 1.79. The quantitative estimate of drug-likeness (QED) is 0.247. The zero-order chi connectivity index (χ0) is 11.3. The van der Waals surface area contributed by atoms with Gasteiger partial charge in [0, 0.05) is 12.6 Å². The second-order valence-electron chi connectivity index (χ2n) is 2.73. The molecule has 0 saturated carbocycles. The van der Waals surface area contributed by atoms with E-state index in [9.17, 15) is 4.79 Å². The second-order valence-corrected chi connectivity index (χ2v) is 2.73. The number of hydrogen-bond acceptors (Lipinski definition) is 3. The maximum Gasteiger partial charge on any atom is 0.318 e. The van der Waals surface area contributed by atoms with Crippen LogP contribution >= 0.6 is 0 Å². The van der Waals surface area contributed by atoms with Gasteiger partial charge in [-0.15, -0.1) is 0 Å². The Morgan fingerprint density at radius 1 is 1.47 bits per heavy atom. The molecule has 2 amide bonds. The van der Waals surface area contributed by atoms with Crippen LogP contribution in [0.1, 0.15) is 5.56 Å². The van der Waals surface area contributed by atoms with Crippen molar-refractivity contribution >= 4 is 17.6 Å². The van der Waals surface area contributed by atoms with Crippen molar-refractivity contribution in [3.8, 4) is 0 Å². The van der Waals surface area contributed by atoms with Gasteiger partial charge in [0.25, 0.3) is 0 Å². The summed E-state index contributed by atoms with van der Waals surface area (Å²) < 4.78 is 0. The van der Waals surface area contributed by atoms with Crippen molar-refractivity contribution in [1.29, 1.82) is 0 Å². The van der Waals surface area contributed by atoms with Crippen molar-refractivity contribution in [3.05, 3.63) is 29.8 Å². The molecule has 0 radical (unpaired) electrons. The molecule has 0 aromatic heterocycles. The molecule has 0 fully saturated rings. The first kappa shape index (κ1) is 10.8. The van der Waals surface area contributed by atoms with Gasteiger partial charge in [-0.2, -0.15) is 0 Å². The lowest BCUT2D eigenvalue weighted by molar-refractivity contribution is 0.254. The normalized spacial score (nSPS) is 10.9. The highest BCUT2D eigenvalue weighted by Crippen LogP contribution is 2.14. The van der Waals surface area contributed by atoms with E-state index < -0.39 is 0 Å². The zero-order valence-electron chi connectivity index (χ0n) is 8.19. The molecule has 0 heterocycles. The van der Waals surface area contributed by atoms with Gasteiger partial charge in [-0.25, -0.2) is 4.79 Å². The number of rotatable bonds is 2. The molecule has 80 valence electrons. The summed E-state index contributed by atoms with van der Waals surface area (Å²) in [5.74, 6) is -0.0537. The number of amides is 2. The van der Waals surface area contributed by atoms with E-state index in [1.807, 2.05) is 0 Å². The van der Waals surface area contributed by atoms with Crippen LogP contribution in [0, 0.1) is 0 Å². The van der Waals surface area contributed by atoms with Crippen LogP contribution < -0.4 is 16.4 Å². The van der Waals surface area contributed by atoms with E-state index in [4.69, 9.17) is 10.9 Å². The van der Waals surface area contributed by atoms with Crippen molar-refractivity contribution in [3.63, 3.8) is 0 Å². The molecule has 0 saturated heterocycles. The van der Waals surface area contributed by atoms with Gasteiger partial charge in [0.1, 0.15) is 0 Å². The van der Waals surface area contributed by atoms with Crippen molar-refractivity contribution < 1.29 is 10.0 Å². The maximum absolute atomic E-state index is 11.1. The fraction of sp³-hybridized carbons (Fsp3) is 0.111. The molecule has 0 aliphatic rings. The first-order chi connectivity index (χ1) is 7.19. The lowest BCUT2D eigenvalue weighted by Gasteiger charge is -2.08. The molecule has 0 unspecified atom stereocenters. The number of benzene rings is 1. The van der Waals surface area contributed by atoms with E-state index in [-0.39, 0.29) is 11.9 Å². The monoisotopic (exact) mass is 208 g/mol. The van der Waals surface area contributed by atoms with Crippen molar-refractivity contribution in [2.24, 2.45) is 10.9 Å². The molecular formula is C9H12N4O2. The Morgan fingerprint density at radius 3 is 2.73 bits per heavy atom. The molecule has 1 aromatic rings. The molecule has 1 aromatic carbocycles. The van der Waals surface area contributed by atoms with Crippen molar-refractivity contribution in [2.75, 3.05) is 12.4 Å². The summed E-state index contributed by atoms with van der Waals surface area (Å²) in [4.78, 5) is 11.1. The Kier molecular flexibility index (Phi) is 3.50. The van der Waals surface area contributed by atoms with Gasteiger partial charge in [0.05, 0.1) is 5.69 Å². The SMILES string of the molecule is CNC(=O)Nc1ccccc1/C(N)=N/O. The van der Waals surface area contributed by atoms with Crippen LogP contribution in [-0.2, 0) is 0 Å². The summed E-state index contributed by atoms with van der Waals surface area (Å²) in [6.07, 6.45) is 0. The largest absolute Gasteiger partial charge is 0.409 e. The number of anilines is 1. The van der Waals surface area contributed by atoms with Crippen LogP contribution in [0.5, 0.6) is 0 Å². The Morgan fingerprint density at radius 2 is 2.13 bits per heavy atom. The van der Waals surface area contributed by atoms with Crippen molar-refractivity contribution in [1.82, 2.24) is 5.32 Å². The molecule has 15 heavy (non-hydrogen) atoms. The molecule has 0 aliphatic carbocycles. The topological polar surface area (TPSA) is 99.7 Å². The van der Waals surface area contributed by atoms with Gasteiger partial charge < -0.3 is 21.6 Å². The van der Waals surface area contributed by atoms with Gasteiger partial charge in [-0.1, -0.05) is 17.3 Å². The number of nitrogens with zero attached hydrogens (tertiary/aromatic N) is 1. The number of oxime groups is 1. The predicted octanol–water partition coefficient (Wildman–Crippen LogP) is 0.532. The van der Waals surface area contributed by atoms with Gasteiger partial charge in [0.2, 0.25) is 0 Å². The number of para-hydroxylation sites is 1. The Hall–Kier alpha value is -2.24. The average Bonchev–Trinajstić information content (AvgIpc) is 2.28. The van der Waals surface area contributed by atoms with Gasteiger partial charge >= 0.3 is 6.03 Å². The fourth-order valence-electron chi connectivity index (χ4n) is 1.05. The molecular weight excluding hydrogens is 196 g/mol. The second kappa shape index (κ2) is 4.85. The number of urea groups is 1.